The van der Waals surface area contributed by atoms with Crippen molar-refractivity contribution in [2.24, 2.45) is 5.10 Å². The van der Waals surface area contributed by atoms with E-state index in [-0.39, 0.29) is 12.2 Å². The smallest absolute Gasteiger partial charge is 0.282 e. The molecule has 0 aliphatic rings. The van der Waals surface area contributed by atoms with Gasteiger partial charge >= 0.3 is 0 Å². The molecule has 0 amide bonds. The number of hydrogen-bond acceptors (Lipinski definition) is 5. The predicted octanol–water partition coefficient (Wildman–Crippen LogP) is 5.66. The van der Waals surface area contributed by atoms with E-state index in [2.05, 4.69) is 41.9 Å². The van der Waals surface area contributed by atoms with Crippen LogP contribution in [0.5, 0.6) is 5.75 Å². The number of ether oxygens (including phenoxy) is 1. The summed E-state index contributed by atoms with van der Waals surface area (Å²) < 4.78 is 8.01. The molecule has 154 valence electrons. The van der Waals surface area contributed by atoms with E-state index in [1.165, 1.54) is 10.9 Å². The van der Waals surface area contributed by atoms with Gasteiger partial charge < -0.3 is 4.74 Å². The minimum absolute atomic E-state index is 0.117. The molecule has 0 spiro atoms. The van der Waals surface area contributed by atoms with Crippen LogP contribution in [0.3, 0.4) is 0 Å². The average molecular weight is 553 g/mol. The van der Waals surface area contributed by atoms with Crippen LogP contribution >= 0.6 is 43.5 Å². The lowest BCUT2D eigenvalue weighted by Gasteiger charge is -2.20. The first-order chi connectivity index (χ1) is 14.1. The second kappa shape index (κ2) is 8.88. The minimum Gasteiger partial charge on any atom is -0.476 e. The highest BCUT2D eigenvalue weighted by molar-refractivity contribution is 9.10. The Kier molecular flexibility index (Phi) is 6.65. The number of benzene rings is 2. The van der Waals surface area contributed by atoms with E-state index in [0.29, 0.717) is 37.5 Å². The Balaban J connectivity index is 2.13. The Morgan fingerprint density at radius 3 is 2.67 bits per heavy atom. The normalized spacial score (nSPS) is 11.8. The molecule has 0 N–H and O–H groups in total. The van der Waals surface area contributed by atoms with Crippen LogP contribution in [0.1, 0.15) is 32.2 Å². The second-order valence-electron chi connectivity index (χ2n) is 7.47. The number of halogens is 3. The fourth-order valence-corrected chi connectivity index (χ4v) is 4.11. The van der Waals surface area contributed by atoms with E-state index < -0.39 is 5.41 Å². The first-order valence-corrected chi connectivity index (χ1v) is 10.8. The molecule has 2 aromatic carbocycles. The number of nitrogens with zero attached hydrogens (tertiary/aromatic N) is 4. The summed E-state index contributed by atoms with van der Waals surface area (Å²) in [6.45, 7) is 5.80. The SMILES string of the molecule is CC(C)(C)c1nc2ccc(Br)cc2c(=O)n1N=Cc1cc(Cl)c(OCC#N)c(Br)c1. The Bertz CT molecular complexity index is 1230. The summed E-state index contributed by atoms with van der Waals surface area (Å²) in [5, 5.41) is 13.9. The molecular formula is C21H17Br2ClN4O2. The second-order valence-corrected chi connectivity index (χ2v) is 9.65. The maximum Gasteiger partial charge on any atom is 0.282 e. The number of fused-ring (bicyclic) bond motifs is 1. The summed E-state index contributed by atoms with van der Waals surface area (Å²) >= 11 is 13.1. The summed E-state index contributed by atoms with van der Waals surface area (Å²) in [7, 11) is 0. The van der Waals surface area contributed by atoms with Crippen LogP contribution in [-0.2, 0) is 5.41 Å². The highest BCUT2D eigenvalue weighted by Crippen LogP contribution is 2.34. The highest BCUT2D eigenvalue weighted by Gasteiger charge is 2.23. The van der Waals surface area contributed by atoms with Gasteiger partial charge in [-0.25, -0.2) is 4.98 Å². The molecule has 0 saturated heterocycles. The number of hydrogen-bond donors (Lipinski definition) is 0. The van der Waals surface area contributed by atoms with E-state index in [1.54, 1.807) is 24.3 Å². The summed E-state index contributed by atoms with van der Waals surface area (Å²) in [5.74, 6) is 0.915. The average Bonchev–Trinajstić information content (AvgIpc) is 2.66. The van der Waals surface area contributed by atoms with Gasteiger partial charge in [-0.1, -0.05) is 48.3 Å². The number of rotatable bonds is 4. The Hall–Kier alpha value is -2.21. The van der Waals surface area contributed by atoms with Crippen LogP contribution in [0.15, 0.2) is 49.2 Å². The largest absolute Gasteiger partial charge is 0.476 e. The highest BCUT2D eigenvalue weighted by atomic mass is 79.9. The molecule has 3 aromatic rings. The fraction of sp³-hybridized carbons (Fsp3) is 0.238. The van der Waals surface area contributed by atoms with Crippen LogP contribution in [0.25, 0.3) is 10.9 Å². The van der Waals surface area contributed by atoms with Gasteiger partial charge in [0, 0.05) is 9.89 Å². The van der Waals surface area contributed by atoms with Crippen molar-refractivity contribution >= 4 is 60.6 Å². The molecule has 9 heteroatoms. The summed E-state index contributed by atoms with van der Waals surface area (Å²) in [6.07, 6.45) is 1.53. The van der Waals surface area contributed by atoms with Gasteiger partial charge in [0.05, 0.1) is 26.6 Å². The van der Waals surface area contributed by atoms with Crippen molar-refractivity contribution in [1.29, 1.82) is 5.26 Å². The molecule has 1 aromatic heterocycles. The molecule has 0 atom stereocenters. The lowest BCUT2D eigenvalue weighted by atomic mass is 9.95. The molecule has 3 rings (SSSR count). The fourth-order valence-electron chi connectivity index (χ4n) is 2.76. The van der Waals surface area contributed by atoms with Gasteiger partial charge in [-0.15, -0.1) is 0 Å². The van der Waals surface area contributed by atoms with Crippen LogP contribution in [0.2, 0.25) is 5.02 Å². The maximum atomic E-state index is 13.2. The maximum absolute atomic E-state index is 13.2. The topological polar surface area (TPSA) is 80.3 Å². The molecule has 0 fully saturated rings. The Morgan fingerprint density at radius 2 is 2.03 bits per heavy atom. The van der Waals surface area contributed by atoms with Crippen molar-refractivity contribution in [2.45, 2.75) is 26.2 Å². The van der Waals surface area contributed by atoms with E-state index in [1.807, 2.05) is 32.9 Å². The molecule has 0 bridgehead atoms. The molecule has 30 heavy (non-hydrogen) atoms. The molecule has 0 saturated carbocycles. The van der Waals surface area contributed by atoms with Crippen molar-refractivity contribution in [3.8, 4) is 11.8 Å². The molecule has 0 radical (unpaired) electrons. The third-order valence-corrected chi connectivity index (χ3v) is 5.47. The lowest BCUT2D eigenvalue weighted by molar-refractivity contribution is 0.366. The van der Waals surface area contributed by atoms with Crippen molar-refractivity contribution in [3.05, 3.63) is 66.0 Å². The van der Waals surface area contributed by atoms with Crippen molar-refractivity contribution < 1.29 is 4.74 Å². The van der Waals surface area contributed by atoms with E-state index >= 15 is 0 Å². The third kappa shape index (κ3) is 4.75. The molecule has 0 aliphatic carbocycles. The predicted molar refractivity (Wildman–Crippen MR) is 126 cm³/mol. The van der Waals surface area contributed by atoms with Crippen molar-refractivity contribution in [1.82, 2.24) is 9.66 Å². The summed E-state index contributed by atoms with van der Waals surface area (Å²) in [6, 6.07) is 10.7. The van der Waals surface area contributed by atoms with Crippen LogP contribution in [0.4, 0.5) is 0 Å². The first-order valence-electron chi connectivity index (χ1n) is 8.88. The zero-order valence-corrected chi connectivity index (χ0v) is 20.3. The minimum atomic E-state index is -0.412. The van der Waals surface area contributed by atoms with Gasteiger partial charge in [-0.05, 0) is 51.8 Å². The number of aromatic nitrogens is 2. The van der Waals surface area contributed by atoms with Gasteiger partial charge in [0.15, 0.2) is 12.4 Å². The van der Waals surface area contributed by atoms with Gasteiger partial charge in [-0.3, -0.25) is 4.79 Å². The lowest BCUT2D eigenvalue weighted by Crippen LogP contribution is -2.29. The van der Waals surface area contributed by atoms with Crippen LogP contribution in [-0.4, -0.2) is 22.5 Å². The Labute approximate surface area is 195 Å². The van der Waals surface area contributed by atoms with Crippen molar-refractivity contribution in [2.75, 3.05) is 6.61 Å². The molecular weight excluding hydrogens is 536 g/mol. The van der Waals surface area contributed by atoms with Gasteiger partial charge in [-0.2, -0.15) is 15.0 Å². The van der Waals surface area contributed by atoms with E-state index in [9.17, 15) is 4.79 Å². The van der Waals surface area contributed by atoms with Crippen LogP contribution < -0.4 is 10.3 Å². The monoisotopic (exact) mass is 550 g/mol. The third-order valence-electron chi connectivity index (χ3n) is 4.10. The Morgan fingerprint density at radius 1 is 1.30 bits per heavy atom. The molecule has 0 aliphatic heterocycles. The molecule has 6 nitrogen and oxygen atoms in total. The van der Waals surface area contributed by atoms with Gasteiger partial charge in [0.2, 0.25) is 0 Å². The molecule has 0 unspecified atom stereocenters. The standard InChI is InChI=1S/C21H17Br2ClN4O2/c1-21(2,3)20-27-17-5-4-13(22)10-14(17)19(29)28(20)26-11-12-8-15(23)18(16(24)9-12)30-7-6-25/h4-5,8-11H,7H2,1-3H3. The van der Waals surface area contributed by atoms with E-state index in [4.69, 9.17) is 21.6 Å². The number of nitriles is 1. The summed E-state index contributed by atoms with van der Waals surface area (Å²) in [5.41, 5.74) is 0.591. The molecule has 1 heterocycles. The first kappa shape index (κ1) is 22.5. The van der Waals surface area contributed by atoms with Crippen molar-refractivity contribution in [3.63, 3.8) is 0 Å². The zero-order chi connectivity index (χ0) is 22.1. The van der Waals surface area contributed by atoms with E-state index in [0.717, 1.165) is 4.47 Å². The summed E-state index contributed by atoms with van der Waals surface area (Å²) in [4.78, 5) is 17.9. The van der Waals surface area contributed by atoms with Crippen LogP contribution in [0, 0.1) is 11.3 Å². The zero-order valence-electron chi connectivity index (χ0n) is 16.4. The van der Waals surface area contributed by atoms with Gasteiger partial charge in [0.1, 0.15) is 11.9 Å². The quantitative estimate of drug-likeness (QED) is 0.392. The van der Waals surface area contributed by atoms with Gasteiger partial charge in [0.25, 0.3) is 5.56 Å².